The third kappa shape index (κ3) is 3.72. The van der Waals surface area contributed by atoms with Gasteiger partial charge in [0.05, 0.1) is 0 Å². The molecule has 2 heteroatoms. The molecule has 0 amide bonds. The van der Waals surface area contributed by atoms with Gasteiger partial charge >= 0.3 is 0 Å². The summed E-state index contributed by atoms with van der Waals surface area (Å²) in [5.74, 6) is 0.835. The van der Waals surface area contributed by atoms with Crippen LogP contribution in [0.2, 0.25) is 0 Å². The van der Waals surface area contributed by atoms with Crippen LogP contribution in [-0.2, 0) is 0 Å². The van der Waals surface area contributed by atoms with Crippen molar-refractivity contribution in [2.75, 3.05) is 13.1 Å². The molecule has 1 heterocycles. The SMILES string of the molecule is CC1(C)CCCN(C2CC(C(C)(C)C)CCC2N)C1. The average Bonchev–Trinajstić information content (AvgIpc) is 2.26. The second kappa shape index (κ2) is 5.37. The van der Waals surface area contributed by atoms with E-state index in [0.29, 0.717) is 22.9 Å². The van der Waals surface area contributed by atoms with Crippen molar-refractivity contribution < 1.29 is 0 Å². The molecule has 0 bridgehead atoms. The normalized spacial score (nSPS) is 37.3. The summed E-state index contributed by atoms with van der Waals surface area (Å²) in [6.45, 7) is 14.5. The van der Waals surface area contributed by atoms with E-state index >= 15 is 0 Å². The third-order valence-electron chi connectivity index (χ3n) is 5.49. The lowest BCUT2D eigenvalue weighted by Crippen LogP contribution is -2.56. The molecular weight excluding hydrogens is 232 g/mol. The standard InChI is InChI=1S/C17H34N2/c1-16(2,3)13-7-8-14(18)15(11-13)19-10-6-9-17(4,5)12-19/h13-15H,6-12,18H2,1-5H3. The lowest BCUT2D eigenvalue weighted by Gasteiger charge is -2.49. The quantitative estimate of drug-likeness (QED) is 0.785. The topological polar surface area (TPSA) is 29.3 Å². The molecule has 19 heavy (non-hydrogen) atoms. The molecule has 3 unspecified atom stereocenters. The Kier molecular flexibility index (Phi) is 4.32. The summed E-state index contributed by atoms with van der Waals surface area (Å²) in [6, 6.07) is 1.02. The number of rotatable bonds is 1. The van der Waals surface area contributed by atoms with Gasteiger partial charge < -0.3 is 5.73 Å². The average molecular weight is 266 g/mol. The fourth-order valence-corrected chi connectivity index (χ4v) is 4.13. The lowest BCUT2D eigenvalue weighted by atomic mass is 9.69. The largest absolute Gasteiger partial charge is 0.326 e. The van der Waals surface area contributed by atoms with E-state index in [2.05, 4.69) is 39.5 Å². The Hall–Kier alpha value is -0.0800. The zero-order valence-corrected chi connectivity index (χ0v) is 13.7. The van der Waals surface area contributed by atoms with Gasteiger partial charge in [0, 0.05) is 18.6 Å². The van der Waals surface area contributed by atoms with E-state index in [0.717, 1.165) is 5.92 Å². The van der Waals surface area contributed by atoms with Crippen LogP contribution < -0.4 is 5.73 Å². The molecule has 3 atom stereocenters. The van der Waals surface area contributed by atoms with E-state index in [4.69, 9.17) is 5.73 Å². The van der Waals surface area contributed by atoms with Crippen LogP contribution in [0.5, 0.6) is 0 Å². The van der Waals surface area contributed by atoms with Gasteiger partial charge in [-0.25, -0.2) is 0 Å². The molecule has 1 saturated heterocycles. The minimum absolute atomic E-state index is 0.396. The van der Waals surface area contributed by atoms with Crippen molar-refractivity contribution in [3.05, 3.63) is 0 Å². The summed E-state index contributed by atoms with van der Waals surface area (Å²) in [6.07, 6.45) is 6.55. The van der Waals surface area contributed by atoms with Crippen LogP contribution in [0.1, 0.15) is 66.7 Å². The van der Waals surface area contributed by atoms with Gasteiger partial charge in [-0.1, -0.05) is 34.6 Å². The molecule has 112 valence electrons. The van der Waals surface area contributed by atoms with Gasteiger partial charge in [-0.2, -0.15) is 0 Å². The van der Waals surface area contributed by atoms with E-state index in [1.165, 1.54) is 45.2 Å². The molecule has 2 aliphatic rings. The number of nitrogens with two attached hydrogens (primary N) is 1. The summed E-state index contributed by atoms with van der Waals surface area (Å²) in [5, 5.41) is 0. The fourth-order valence-electron chi connectivity index (χ4n) is 4.13. The van der Waals surface area contributed by atoms with Crippen molar-refractivity contribution in [3.63, 3.8) is 0 Å². The highest BCUT2D eigenvalue weighted by atomic mass is 15.2. The van der Waals surface area contributed by atoms with Crippen LogP contribution >= 0.6 is 0 Å². The van der Waals surface area contributed by atoms with E-state index in [1.54, 1.807) is 0 Å². The molecular formula is C17H34N2. The Bertz CT molecular complexity index is 300. The Morgan fingerprint density at radius 3 is 2.42 bits per heavy atom. The second-order valence-corrected chi connectivity index (χ2v) is 8.85. The van der Waals surface area contributed by atoms with Crippen molar-refractivity contribution in [1.82, 2.24) is 4.90 Å². The zero-order valence-electron chi connectivity index (χ0n) is 13.7. The van der Waals surface area contributed by atoms with Crippen molar-refractivity contribution >= 4 is 0 Å². The lowest BCUT2D eigenvalue weighted by molar-refractivity contribution is 0.0217. The van der Waals surface area contributed by atoms with Crippen molar-refractivity contribution in [2.24, 2.45) is 22.5 Å². The number of piperidine rings is 1. The van der Waals surface area contributed by atoms with Gasteiger partial charge in [0.25, 0.3) is 0 Å². The first-order valence-corrected chi connectivity index (χ1v) is 8.19. The number of hydrogen-bond acceptors (Lipinski definition) is 2. The van der Waals surface area contributed by atoms with Gasteiger partial charge in [-0.15, -0.1) is 0 Å². The van der Waals surface area contributed by atoms with Crippen molar-refractivity contribution in [2.45, 2.75) is 78.8 Å². The molecule has 1 aliphatic heterocycles. The molecule has 0 aromatic heterocycles. The summed E-state index contributed by atoms with van der Waals surface area (Å²) in [4.78, 5) is 2.71. The Balaban J connectivity index is 2.04. The number of nitrogens with zero attached hydrogens (tertiary/aromatic N) is 1. The molecule has 0 spiro atoms. The van der Waals surface area contributed by atoms with Gasteiger partial charge in [-0.05, 0) is 55.4 Å². The summed E-state index contributed by atoms with van der Waals surface area (Å²) >= 11 is 0. The summed E-state index contributed by atoms with van der Waals surface area (Å²) in [5.41, 5.74) is 7.38. The van der Waals surface area contributed by atoms with Gasteiger partial charge in [0.2, 0.25) is 0 Å². The minimum Gasteiger partial charge on any atom is -0.326 e. The van der Waals surface area contributed by atoms with E-state index in [1.807, 2.05) is 0 Å². The summed E-state index contributed by atoms with van der Waals surface area (Å²) in [7, 11) is 0. The van der Waals surface area contributed by atoms with Crippen LogP contribution in [-0.4, -0.2) is 30.1 Å². The summed E-state index contributed by atoms with van der Waals surface area (Å²) < 4.78 is 0. The van der Waals surface area contributed by atoms with Gasteiger partial charge in [-0.3, -0.25) is 4.90 Å². The number of likely N-dealkylation sites (tertiary alicyclic amines) is 1. The maximum Gasteiger partial charge on any atom is 0.0250 e. The fraction of sp³-hybridized carbons (Fsp3) is 1.00. The second-order valence-electron chi connectivity index (χ2n) is 8.85. The predicted octanol–water partition coefficient (Wildman–Crippen LogP) is 3.65. The minimum atomic E-state index is 0.396. The molecule has 1 saturated carbocycles. The molecule has 2 N–H and O–H groups in total. The molecule has 0 aromatic rings. The van der Waals surface area contributed by atoms with Crippen LogP contribution in [0, 0.1) is 16.7 Å². The maximum atomic E-state index is 6.46. The zero-order chi connectivity index (χ0) is 14.3. The van der Waals surface area contributed by atoms with Crippen LogP contribution in [0.4, 0.5) is 0 Å². The van der Waals surface area contributed by atoms with Gasteiger partial charge in [0.15, 0.2) is 0 Å². The maximum absolute atomic E-state index is 6.46. The highest BCUT2D eigenvalue weighted by Gasteiger charge is 2.39. The highest BCUT2D eigenvalue weighted by molar-refractivity contribution is 4.95. The smallest absolute Gasteiger partial charge is 0.0250 e. The van der Waals surface area contributed by atoms with Crippen molar-refractivity contribution in [3.8, 4) is 0 Å². The molecule has 2 rings (SSSR count). The molecule has 0 aromatic carbocycles. The first-order chi connectivity index (χ1) is 8.69. The molecule has 1 aliphatic carbocycles. The van der Waals surface area contributed by atoms with Crippen LogP contribution in [0.15, 0.2) is 0 Å². The predicted molar refractivity (Wildman–Crippen MR) is 83.1 cm³/mol. The Labute approximate surface area is 120 Å². The first kappa shape index (κ1) is 15.3. The van der Waals surface area contributed by atoms with Gasteiger partial charge in [0.1, 0.15) is 0 Å². The number of hydrogen-bond donors (Lipinski definition) is 1. The van der Waals surface area contributed by atoms with Crippen LogP contribution in [0.3, 0.4) is 0 Å². The third-order valence-corrected chi connectivity index (χ3v) is 5.49. The molecule has 0 radical (unpaired) electrons. The van der Waals surface area contributed by atoms with E-state index in [-0.39, 0.29) is 0 Å². The molecule has 2 fully saturated rings. The highest BCUT2D eigenvalue weighted by Crippen LogP contribution is 2.40. The van der Waals surface area contributed by atoms with Crippen LogP contribution in [0.25, 0.3) is 0 Å². The first-order valence-electron chi connectivity index (χ1n) is 8.19. The monoisotopic (exact) mass is 266 g/mol. The Morgan fingerprint density at radius 1 is 1.16 bits per heavy atom. The Morgan fingerprint density at radius 2 is 1.84 bits per heavy atom. The van der Waals surface area contributed by atoms with E-state index < -0.39 is 0 Å². The van der Waals surface area contributed by atoms with Crippen molar-refractivity contribution in [1.29, 1.82) is 0 Å². The molecule has 2 nitrogen and oxygen atoms in total. The van der Waals surface area contributed by atoms with E-state index in [9.17, 15) is 0 Å².